The first-order valence-electron chi connectivity index (χ1n) is 5.72. The van der Waals surface area contributed by atoms with Gasteiger partial charge in [0.15, 0.2) is 0 Å². The minimum atomic E-state index is -0.301. The van der Waals surface area contributed by atoms with Crippen LogP contribution in [0.4, 0.5) is 10.5 Å². The van der Waals surface area contributed by atoms with Crippen LogP contribution in [0.1, 0.15) is 18.9 Å². The number of ether oxygens (including phenoxy) is 1. The molecule has 0 saturated carbocycles. The highest BCUT2D eigenvalue weighted by atomic mass is 16.5. The number of hydrogen-bond acceptors (Lipinski definition) is 3. The van der Waals surface area contributed by atoms with Crippen molar-refractivity contribution in [2.45, 2.75) is 19.8 Å². The van der Waals surface area contributed by atoms with Crippen molar-refractivity contribution in [2.75, 3.05) is 19.5 Å². The van der Waals surface area contributed by atoms with Gasteiger partial charge in [-0.05, 0) is 31.0 Å². The molecule has 0 saturated heterocycles. The Morgan fingerprint density at radius 3 is 2.61 bits per heavy atom. The zero-order valence-corrected chi connectivity index (χ0v) is 10.9. The molecule has 5 heteroatoms. The lowest BCUT2D eigenvalue weighted by molar-refractivity contribution is -0.116. The Bertz CT molecular complexity index is 444. The number of methoxy groups -OCH3 is 1. The largest absolute Gasteiger partial charge is 0.495 e. The summed E-state index contributed by atoms with van der Waals surface area (Å²) in [4.78, 5) is 22.2. The lowest BCUT2D eigenvalue weighted by Gasteiger charge is -2.11. The van der Waals surface area contributed by atoms with E-state index in [1.165, 1.54) is 0 Å². The number of aryl methyl sites for hydroxylation is 1. The highest BCUT2D eigenvalue weighted by Crippen LogP contribution is 2.26. The summed E-state index contributed by atoms with van der Waals surface area (Å²) in [5.74, 6) is 0.737. The van der Waals surface area contributed by atoms with Crippen molar-refractivity contribution in [1.82, 2.24) is 5.32 Å². The molecule has 0 aromatic heterocycles. The second-order valence-corrected chi connectivity index (χ2v) is 3.94. The van der Waals surface area contributed by atoms with Gasteiger partial charge in [0, 0.05) is 13.5 Å². The lowest BCUT2D eigenvalue weighted by Crippen LogP contribution is -2.24. The third-order valence-electron chi connectivity index (χ3n) is 2.51. The highest BCUT2D eigenvalue weighted by Gasteiger charge is 2.07. The third kappa shape index (κ3) is 4.08. The van der Waals surface area contributed by atoms with E-state index in [0.29, 0.717) is 24.3 Å². The number of urea groups is 1. The molecule has 0 bridgehead atoms. The molecule has 18 heavy (non-hydrogen) atoms. The molecule has 2 amide bonds. The van der Waals surface area contributed by atoms with Crippen LogP contribution < -0.4 is 15.4 Å². The number of carbonyl (C=O) groups excluding carboxylic acids is 2. The van der Waals surface area contributed by atoms with E-state index in [2.05, 4.69) is 10.6 Å². The van der Waals surface area contributed by atoms with Crippen LogP contribution in [0.3, 0.4) is 0 Å². The zero-order valence-electron chi connectivity index (χ0n) is 10.9. The van der Waals surface area contributed by atoms with Crippen LogP contribution in [0.25, 0.3) is 0 Å². The number of hydrogen-bond donors (Lipinski definition) is 2. The van der Waals surface area contributed by atoms with Crippen molar-refractivity contribution in [1.29, 1.82) is 0 Å². The highest BCUT2D eigenvalue weighted by molar-refractivity contribution is 5.90. The molecule has 0 heterocycles. The average Bonchev–Trinajstić information content (AvgIpc) is 2.37. The van der Waals surface area contributed by atoms with Gasteiger partial charge in [0.1, 0.15) is 11.5 Å². The van der Waals surface area contributed by atoms with Gasteiger partial charge in [-0.2, -0.15) is 0 Å². The first-order chi connectivity index (χ1) is 8.56. The fourth-order valence-corrected chi connectivity index (χ4v) is 1.50. The van der Waals surface area contributed by atoms with Crippen molar-refractivity contribution in [3.63, 3.8) is 0 Å². The van der Waals surface area contributed by atoms with Crippen LogP contribution >= 0.6 is 0 Å². The minimum absolute atomic E-state index is 0.154. The number of nitrogens with one attached hydrogen (secondary N) is 2. The van der Waals surface area contributed by atoms with Gasteiger partial charge in [0.05, 0.1) is 12.8 Å². The Hall–Kier alpha value is -2.04. The molecule has 1 aromatic rings. The molecule has 0 spiro atoms. The number of ketones is 1. The molecule has 0 fully saturated rings. The number of carbonyl (C=O) groups is 2. The molecule has 0 aliphatic rings. The summed E-state index contributed by atoms with van der Waals surface area (Å²) in [6.07, 6.45) is 1.18. The number of Topliss-reactive ketones (excluding diaryl/α,β-unsaturated/α-hetero) is 1. The van der Waals surface area contributed by atoms with Crippen molar-refractivity contribution in [3.8, 4) is 5.75 Å². The maximum atomic E-state index is 11.2. The summed E-state index contributed by atoms with van der Waals surface area (Å²) in [6, 6.07) is 5.17. The molecular formula is C13H18N2O3. The van der Waals surface area contributed by atoms with Crippen LogP contribution in [0, 0.1) is 0 Å². The predicted octanol–water partition coefficient (Wildman–Crippen LogP) is 1.97. The maximum Gasteiger partial charge on any atom is 0.319 e. The van der Waals surface area contributed by atoms with E-state index in [9.17, 15) is 9.59 Å². The van der Waals surface area contributed by atoms with Gasteiger partial charge < -0.3 is 20.2 Å². The second kappa shape index (κ2) is 6.64. The molecule has 2 N–H and O–H groups in total. The molecule has 0 atom stereocenters. The van der Waals surface area contributed by atoms with E-state index >= 15 is 0 Å². The predicted molar refractivity (Wildman–Crippen MR) is 70.1 cm³/mol. The second-order valence-electron chi connectivity index (χ2n) is 3.94. The zero-order chi connectivity index (χ0) is 13.5. The molecule has 98 valence electrons. The molecule has 0 radical (unpaired) electrons. The van der Waals surface area contributed by atoms with Crippen molar-refractivity contribution >= 4 is 17.5 Å². The normalized spacial score (nSPS) is 9.72. The summed E-state index contributed by atoms with van der Waals surface area (Å²) in [5.41, 5.74) is 1.60. The van der Waals surface area contributed by atoms with Crippen molar-refractivity contribution < 1.29 is 14.3 Å². The van der Waals surface area contributed by atoms with Gasteiger partial charge in [-0.3, -0.25) is 0 Å². The quantitative estimate of drug-likeness (QED) is 0.839. The topological polar surface area (TPSA) is 67.4 Å². The standard InChI is InChI=1S/C13H18N2O3/c1-9(16)4-5-10-6-7-11(12(8-10)18-3)15-13(17)14-2/h6-8H,4-5H2,1-3H3,(H2,14,15,17). The van der Waals surface area contributed by atoms with E-state index in [4.69, 9.17) is 4.74 Å². The van der Waals surface area contributed by atoms with Gasteiger partial charge in [-0.1, -0.05) is 6.07 Å². The maximum absolute atomic E-state index is 11.2. The van der Waals surface area contributed by atoms with Gasteiger partial charge in [-0.15, -0.1) is 0 Å². The number of rotatable bonds is 5. The first-order valence-corrected chi connectivity index (χ1v) is 5.72. The van der Waals surface area contributed by atoms with Crippen LogP contribution in [0.2, 0.25) is 0 Å². The van der Waals surface area contributed by atoms with Crippen LogP contribution in [-0.2, 0) is 11.2 Å². The molecule has 0 unspecified atom stereocenters. The van der Waals surface area contributed by atoms with Crippen LogP contribution in [0.15, 0.2) is 18.2 Å². The monoisotopic (exact) mass is 250 g/mol. The Morgan fingerprint density at radius 2 is 2.06 bits per heavy atom. The molecular weight excluding hydrogens is 232 g/mol. The molecule has 1 aromatic carbocycles. The lowest BCUT2D eigenvalue weighted by atomic mass is 10.1. The smallest absolute Gasteiger partial charge is 0.319 e. The Morgan fingerprint density at radius 1 is 1.33 bits per heavy atom. The van der Waals surface area contributed by atoms with E-state index in [0.717, 1.165) is 5.56 Å². The molecule has 0 aliphatic heterocycles. The Labute approximate surface area is 107 Å². The fraction of sp³-hybridized carbons (Fsp3) is 0.385. The van der Waals surface area contributed by atoms with Gasteiger partial charge in [-0.25, -0.2) is 4.79 Å². The van der Waals surface area contributed by atoms with Gasteiger partial charge in [0.25, 0.3) is 0 Å². The summed E-state index contributed by atoms with van der Waals surface area (Å²) in [5, 5.41) is 5.13. The SMILES string of the molecule is CNC(=O)Nc1ccc(CCC(C)=O)cc1OC. The minimum Gasteiger partial charge on any atom is -0.495 e. The summed E-state index contributed by atoms with van der Waals surface area (Å²) in [7, 11) is 3.09. The van der Waals surface area contributed by atoms with E-state index in [-0.39, 0.29) is 11.8 Å². The van der Waals surface area contributed by atoms with Gasteiger partial charge in [0.2, 0.25) is 0 Å². The summed E-state index contributed by atoms with van der Waals surface area (Å²) in [6.45, 7) is 1.57. The third-order valence-corrected chi connectivity index (χ3v) is 2.51. The van der Waals surface area contributed by atoms with E-state index < -0.39 is 0 Å². The van der Waals surface area contributed by atoms with E-state index in [1.54, 1.807) is 27.1 Å². The van der Waals surface area contributed by atoms with Gasteiger partial charge >= 0.3 is 6.03 Å². The number of anilines is 1. The molecule has 1 rings (SSSR count). The summed E-state index contributed by atoms with van der Waals surface area (Å²) >= 11 is 0. The molecule has 5 nitrogen and oxygen atoms in total. The first kappa shape index (κ1) is 14.0. The Kier molecular flexibility index (Phi) is 5.17. The molecule has 0 aliphatic carbocycles. The van der Waals surface area contributed by atoms with Crippen LogP contribution in [-0.4, -0.2) is 26.0 Å². The van der Waals surface area contributed by atoms with Crippen molar-refractivity contribution in [3.05, 3.63) is 23.8 Å². The van der Waals surface area contributed by atoms with Crippen LogP contribution in [0.5, 0.6) is 5.75 Å². The fourth-order valence-electron chi connectivity index (χ4n) is 1.50. The van der Waals surface area contributed by atoms with Crippen molar-refractivity contribution in [2.24, 2.45) is 0 Å². The average molecular weight is 250 g/mol. The van der Waals surface area contributed by atoms with E-state index in [1.807, 2.05) is 12.1 Å². The number of amides is 2. The number of benzene rings is 1. The summed E-state index contributed by atoms with van der Waals surface area (Å²) < 4.78 is 5.21. The Balaban J connectivity index is 2.82.